The first-order valence-corrected chi connectivity index (χ1v) is 5.19. The molecule has 0 amide bonds. The van der Waals surface area contributed by atoms with E-state index in [9.17, 15) is 4.79 Å². The lowest BCUT2D eigenvalue weighted by Gasteiger charge is -2.05. The van der Waals surface area contributed by atoms with Gasteiger partial charge in [0.2, 0.25) is 5.56 Å². The Balaban J connectivity index is 1.90. The summed E-state index contributed by atoms with van der Waals surface area (Å²) in [5.74, 6) is 0.754. The number of pyridine rings is 1. The Morgan fingerprint density at radius 2 is 2.19 bits per heavy atom. The van der Waals surface area contributed by atoms with Crippen LogP contribution in [0.15, 0.2) is 35.1 Å². The molecule has 2 aromatic rings. The third-order valence-electron chi connectivity index (χ3n) is 2.54. The van der Waals surface area contributed by atoms with Crippen LogP contribution in [0.3, 0.4) is 0 Å². The van der Waals surface area contributed by atoms with Gasteiger partial charge in [0.25, 0.3) is 0 Å². The zero-order valence-electron chi connectivity index (χ0n) is 8.60. The van der Waals surface area contributed by atoms with Crippen molar-refractivity contribution in [1.82, 2.24) is 4.98 Å². The van der Waals surface area contributed by atoms with E-state index >= 15 is 0 Å². The molecule has 1 aromatic carbocycles. The van der Waals surface area contributed by atoms with Crippen LogP contribution in [0.5, 0.6) is 5.75 Å². The van der Waals surface area contributed by atoms with Crippen molar-refractivity contribution in [3.05, 3.63) is 40.7 Å². The zero-order chi connectivity index (χ0) is 11.0. The van der Waals surface area contributed by atoms with Gasteiger partial charge in [-0.2, -0.15) is 0 Å². The molecule has 16 heavy (non-hydrogen) atoms. The van der Waals surface area contributed by atoms with Crippen LogP contribution < -0.4 is 10.3 Å². The fraction of sp³-hybridized carbons (Fsp3) is 0.250. The number of nitrogens with one attached hydrogen (secondary N) is 1. The Labute approximate surface area is 91.8 Å². The lowest BCUT2D eigenvalue weighted by Crippen LogP contribution is -2.05. The number of hydrogen-bond donors (Lipinski definition) is 1. The lowest BCUT2D eigenvalue weighted by atomic mass is 10.2. The first-order valence-electron chi connectivity index (χ1n) is 5.19. The lowest BCUT2D eigenvalue weighted by molar-refractivity contribution is 0.263. The van der Waals surface area contributed by atoms with Gasteiger partial charge in [0.15, 0.2) is 0 Å². The fourth-order valence-corrected chi connectivity index (χ4v) is 1.57. The minimum absolute atomic E-state index is 0.102. The van der Waals surface area contributed by atoms with Gasteiger partial charge in [-0.25, -0.2) is 0 Å². The van der Waals surface area contributed by atoms with E-state index < -0.39 is 0 Å². The number of benzene rings is 1. The van der Waals surface area contributed by atoms with Crippen molar-refractivity contribution in [2.75, 3.05) is 13.2 Å². The van der Waals surface area contributed by atoms with Crippen LogP contribution >= 0.6 is 0 Å². The maximum atomic E-state index is 11.2. The third kappa shape index (κ3) is 1.92. The van der Waals surface area contributed by atoms with Gasteiger partial charge in [-0.1, -0.05) is 0 Å². The number of H-pyrrole nitrogens is 1. The predicted octanol–water partition coefficient (Wildman–Crippen LogP) is 1.31. The summed E-state index contributed by atoms with van der Waals surface area (Å²) in [7, 11) is 0. The normalized spacial score (nSPS) is 18.6. The quantitative estimate of drug-likeness (QED) is 0.788. The second-order valence-corrected chi connectivity index (χ2v) is 3.84. The largest absolute Gasteiger partial charge is 0.491 e. The minimum atomic E-state index is -0.102. The van der Waals surface area contributed by atoms with Gasteiger partial charge in [0, 0.05) is 12.1 Å². The highest BCUT2D eigenvalue weighted by Gasteiger charge is 2.22. The van der Waals surface area contributed by atoms with Crippen LogP contribution in [0, 0.1) is 0 Å². The standard InChI is InChI=1S/C12H11NO3/c14-12-4-2-8-1-3-9(5-11(8)13-12)15-6-10-7-16-10/h1-5,10H,6-7H2,(H,13,14). The van der Waals surface area contributed by atoms with Crippen molar-refractivity contribution < 1.29 is 9.47 Å². The smallest absolute Gasteiger partial charge is 0.248 e. The molecule has 1 aliphatic rings. The molecule has 0 saturated carbocycles. The van der Waals surface area contributed by atoms with Crippen LogP contribution in [-0.4, -0.2) is 24.3 Å². The van der Waals surface area contributed by atoms with Crippen molar-refractivity contribution in [3.8, 4) is 5.75 Å². The van der Waals surface area contributed by atoms with Crippen molar-refractivity contribution in [2.24, 2.45) is 0 Å². The molecule has 0 bridgehead atoms. The second-order valence-electron chi connectivity index (χ2n) is 3.84. The van der Waals surface area contributed by atoms with E-state index in [0.29, 0.717) is 6.61 Å². The van der Waals surface area contributed by atoms with E-state index in [0.717, 1.165) is 23.3 Å². The predicted molar refractivity (Wildman–Crippen MR) is 59.8 cm³/mol. The topological polar surface area (TPSA) is 54.6 Å². The maximum Gasteiger partial charge on any atom is 0.248 e. The van der Waals surface area contributed by atoms with E-state index in [-0.39, 0.29) is 11.7 Å². The fourth-order valence-electron chi connectivity index (χ4n) is 1.57. The molecule has 1 saturated heterocycles. The molecule has 0 radical (unpaired) electrons. The van der Waals surface area contributed by atoms with Crippen LogP contribution in [0.1, 0.15) is 0 Å². The summed E-state index contributed by atoms with van der Waals surface area (Å²) in [6.45, 7) is 1.35. The molecule has 1 N–H and O–H groups in total. The van der Waals surface area contributed by atoms with Gasteiger partial charge in [0.1, 0.15) is 18.5 Å². The molecule has 1 aromatic heterocycles. The Morgan fingerprint density at radius 3 is 3.00 bits per heavy atom. The van der Waals surface area contributed by atoms with Gasteiger partial charge >= 0.3 is 0 Å². The summed E-state index contributed by atoms with van der Waals surface area (Å²) in [6.07, 6.45) is 0.241. The van der Waals surface area contributed by atoms with Crippen molar-refractivity contribution in [2.45, 2.75) is 6.10 Å². The Hall–Kier alpha value is -1.81. The highest BCUT2D eigenvalue weighted by Crippen LogP contribution is 2.19. The van der Waals surface area contributed by atoms with E-state index in [4.69, 9.17) is 9.47 Å². The average molecular weight is 217 g/mol. The van der Waals surface area contributed by atoms with E-state index in [1.807, 2.05) is 18.2 Å². The van der Waals surface area contributed by atoms with E-state index in [1.54, 1.807) is 6.07 Å². The highest BCUT2D eigenvalue weighted by molar-refractivity contribution is 5.79. The molecular weight excluding hydrogens is 206 g/mol. The Morgan fingerprint density at radius 1 is 1.38 bits per heavy atom. The first-order chi connectivity index (χ1) is 7.81. The SMILES string of the molecule is O=c1ccc2ccc(OCC3CO3)cc2[nH]1. The molecule has 82 valence electrons. The molecule has 4 heteroatoms. The minimum Gasteiger partial charge on any atom is -0.491 e. The summed E-state index contributed by atoms with van der Waals surface area (Å²) in [4.78, 5) is 13.9. The summed E-state index contributed by atoms with van der Waals surface area (Å²) in [5, 5.41) is 0.995. The number of aromatic nitrogens is 1. The van der Waals surface area contributed by atoms with Gasteiger partial charge in [-0.15, -0.1) is 0 Å². The van der Waals surface area contributed by atoms with Crippen LogP contribution in [0.4, 0.5) is 0 Å². The highest BCUT2D eigenvalue weighted by atomic mass is 16.6. The van der Waals surface area contributed by atoms with Crippen molar-refractivity contribution >= 4 is 10.9 Å². The monoisotopic (exact) mass is 217 g/mol. The number of rotatable bonds is 3. The number of aromatic amines is 1. The summed E-state index contributed by atoms with van der Waals surface area (Å²) >= 11 is 0. The first kappa shape index (κ1) is 9.42. The van der Waals surface area contributed by atoms with E-state index in [2.05, 4.69) is 4.98 Å². The summed E-state index contributed by atoms with van der Waals surface area (Å²) in [6, 6.07) is 8.96. The number of epoxide rings is 1. The van der Waals surface area contributed by atoms with E-state index in [1.165, 1.54) is 6.07 Å². The van der Waals surface area contributed by atoms with Gasteiger partial charge in [0.05, 0.1) is 12.1 Å². The molecule has 1 aliphatic heterocycles. The molecule has 1 unspecified atom stereocenters. The molecule has 0 aliphatic carbocycles. The summed E-state index contributed by atoms with van der Waals surface area (Å²) < 4.78 is 10.6. The van der Waals surface area contributed by atoms with Gasteiger partial charge < -0.3 is 14.5 Å². The molecule has 4 nitrogen and oxygen atoms in total. The van der Waals surface area contributed by atoms with Gasteiger partial charge in [-0.05, 0) is 23.6 Å². The summed E-state index contributed by atoms with van der Waals surface area (Å²) in [5.41, 5.74) is 0.692. The van der Waals surface area contributed by atoms with Crippen LogP contribution in [-0.2, 0) is 4.74 Å². The molecule has 3 rings (SSSR count). The maximum absolute atomic E-state index is 11.2. The van der Waals surface area contributed by atoms with Crippen LogP contribution in [0.25, 0.3) is 10.9 Å². The number of ether oxygens (including phenoxy) is 2. The molecule has 1 atom stereocenters. The van der Waals surface area contributed by atoms with Gasteiger partial charge in [-0.3, -0.25) is 4.79 Å². The van der Waals surface area contributed by atoms with Crippen molar-refractivity contribution in [3.63, 3.8) is 0 Å². The molecule has 2 heterocycles. The number of fused-ring (bicyclic) bond motifs is 1. The average Bonchev–Trinajstić information content (AvgIpc) is 3.09. The molecule has 1 fully saturated rings. The van der Waals surface area contributed by atoms with Crippen LogP contribution in [0.2, 0.25) is 0 Å². The second kappa shape index (κ2) is 3.64. The number of hydrogen-bond acceptors (Lipinski definition) is 3. The van der Waals surface area contributed by atoms with Crippen molar-refractivity contribution in [1.29, 1.82) is 0 Å². The Bertz CT molecular complexity index is 572. The molecule has 0 spiro atoms. The molecular formula is C12H11NO3. The zero-order valence-corrected chi connectivity index (χ0v) is 8.60. The third-order valence-corrected chi connectivity index (χ3v) is 2.54. The Kier molecular flexibility index (Phi) is 2.15.